The van der Waals surface area contributed by atoms with Gasteiger partial charge in [0.2, 0.25) is 5.89 Å². The van der Waals surface area contributed by atoms with Gasteiger partial charge in [0.05, 0.1) is 20.8 Å². The standard InChI is InChI=1S/C17H25N5O3.HI/c1-5-18-17(19-9-8-16-21-12(2)22-25-16)20-11-13-6-7-14(23-3)10-15(13)24-4;/h6-7,10H,5,8-9,11H2,1-4H3,(H2,18,19,20);1H. The molecule has 144 valence electrons. The highest BCUT2D eigenvalue weighted by Crippen LogP contribution is 2.25. The number of benzene rings is 1. The van der Waals surface area contributed by atoms with Crippen LogP contribution in [-0.2, 0) is 13.0 Å². The molecule has 8 nitrogen and oxygen atoms in total. The first kappa shape index (κ1) is 22.0. The number of methoxy groups -OCH3 is 2. The van der Waals surface area contributed by atoms with E-state index >= 15 is 0 Å². The van der Waals surface area contributed by atoms with Crippen molar-refractivity contribution in [2.24, 2.45) is 4.99 Å². The van der Waals surface area contributed by atoms with Gasteiger partial charge >= 0.3 is 0 Å². The molecule has 0 aliphatic rings. The first-order chi connectivity index (χ1) is 12.2. The molecule has 0 saturated carbocycles. The molecule has 26 heavy (non-hydrogen) atoms. The van der Waals surface area contributed by atoms with Crippen LogP contribution in [0.4, 0.5) is 0 Å². The number of hydrogen-bond acceptors (Lipinski definition) is 6. The highest BCUT2D eigenvalue weighted by Gasteiger charge is 2.06. The molecule has 0 atom stereocenters. The summed E-state index contributed by atoms with van der Waals surface area (Å²) in [7, 11) is 3.27. The molecule has 2 N–H and O–H groups in total. The normalized spacial score (nSPS) is 10.8. The average Bonchev–Trinajstić information content (AvgIpc) is 3.04. The second kappa shape index (κ2) is 11.6. The number of nitrogens with one attached hydrogen (secondary N) is 2. The first-order valence-electron chi connectivity index (χ1n) is 8.18. The molecule has 1 heterocycles. The third-order valence-electron chi connectivity index (χ3n) is 3.45. The molecule has 0 aliphatic carbocycles. The Hall–Kier alpha value is -2.04. The van der Waals surface area contributed by atoms with Crippen LogP contribution >= 0.6 is 24.0 Å². The van der Waals surface area contributed by atoms with E-state index in [4.69, 9.17) is 14.0 Å². The number of hydrogen-bond donors (Lipinski definition) is 2. The fourth-order valence-electron chi connectivity index (χ4n) is 2.22. The third kappa shape index (κ3) is 6.70. The molecule has 2 aromatic rings. The number of nitrogens with zero attached hydrogens (tertiary/aromatic N) is 3. The Morgan fingerprint density at radius 1 is 1.23 bits per heavy atom. The van der Waals surface area contributed by atoms with Gasteiger partial charge < -0.3 is 24.6 Å². The molecule has 1 aromatic heterocycles. The maximum Gasteiger partial charge on any atom is 0.228 e. The maximum atomic E-state index is 5.40. The van der Waals surface area contributed by atoms with Gasteiger partial charge in [-0.25, -0.2) is 4.99 Å². The fraction of sp³-hybridized carbons (Fsp3) is 0.471. The fourth-order valence-corrected chi connectivity index (χ4v) is 2.22. The predicted octanol–water partition coefficient (Wildman–Crippen LogP) is 2.31. The quantitative estimate of drug-likeness (QED) is 0.344. The Morgan fingerprint density at radius 2 is 2.04 bits per heavy atom. The molecule has 0 spiro atoms. The van der Waals surface area contributed by atoms with E-state index in [1.165, 1.54) is 0 Å². The Labute approximate surface area is 170 Å². The molecule has 0 unspecified atom stereocenters. The van der Waals surface area contributed by atoms with Crippen molar-refractivity contribution in [2.75, 3.05) is 27.3 Å². The zero-order chi connectivity index (χ0) is 18.1. The number of rotatable bonds is 8. The van der Waals surface area contributed by atoms with Crippen LogP contribution < -0.4 is 20.1 Å². The Morgan fingerprint density at radius 3 is 2.65 bits per heavy atom. The molecule has 0 fully saturated rings. The Balaban J connectivity index is 0.00000338. The van der Waals surface area contributed by atoms with Crippen LogP contribution in [0.3, 0.4) is 0 Å². The summed E-state index contributed by atoms with van der Waals surface area (Å²) in [5.41, 5.74) is 0.980. The van der Waals surface area contributed by atoms with Gasteiger partial charge in [0.15, 0.2) is 11.8 Å². The van der Waals surface area contributed by atoms with E-state index in [2.05, 4.69) is 25.8 Å². The highest BCUT2D eigenvalue weighted by molar-refractivity contribution is 14.0. The molecule has 2 rings (SSSR count). The van der Waals surface area contributed by atoms with Crippen molar-refractivity contribution < 1.29 is 14.0 Å². The molecule has 0 amide bonds. The summed E-state index contributed by atoms with van der Waals surface area (Å²) >= 11 is 0. The lowest BCUT2D eigenvalue weighted by atomic mass is 10.2. The number of guanidine groups is 1. The lowest BCUT2D eigenvalue weighted by molar-refractivity contribution is 0.374. The van der Waals surface area contributed by atoms with Gasteiger partial charge in [0.25, 0.3) is 0 Å². The van der Waals surface area contributed by atoms with Gasteiger partial charge in [-0.1, -0.05) is 5.16 Å². The summed E-state index contributed by atoms with van der Waals surface area (Å²) in [5, 5.41) is 10.2. The van der Waals surface area contributed by atoms with Crippen LogP contribution in [0.25, 0.3) is 0 Å². The minimum atomic E-state index is 0. The number of aliphatic imine (C=N–C) groups is 1. The van der Waals surface area contributed by atoms with Crippen LogP contribution in [0.1, 0.15) is 24.2 Å². The topological polar surface area (TPSA) is 93.8 Å². The largest absolute Gasteiger partial charge is 0.497 e. The monoisotopic (exact) mass is 475 g/mol. The molecule has 0 aliphatic heterocycles. The zero-order valence-corrected chi connectivity index (χ0v) is 17.9. The van der Waals surface area contributed by atoms with Crippen molar-refractivity contribution in [1.82, 2.24) is 20.8 Å². The SMILES string of the molecule is CCNC(=NCc1ccc(OC)cc1OC)NCCc1nc(C)no1.I. The molecular weight excluding hydrogens is 449 g/mol. The number of ether oxygens (including phenoxy) is 2. The van der Waals surface area contributed by atoms with Crippen LogP contribution in [0.2, 0.25) is 0 Å². The summed E-state index contributed by atoms with van der Waals surface area (Å²) in [6, 6.07) is 5.70. The van der Waals surface area contributed by atoms with E-state index in [1.807, 2.05) is 25.1 Å². The van der Waals surface area contributed by atoms with Gasteiger partial charge in [-0.05, 0) is 26.0 Å². The lowest BCUT2D eigenvalue weighted by Gasteiger charge is -2.12. The van der Waals surface area contributed by atoms with Crippen molar-refractivity contribution >= 4 is 29.9 Å². The summed E-state index contributed by atoms with van der Waals surface area (Å²) in [5.74, 6) is 3.47. The van der Waals surface area contributed by atoms with Crippen LogP contribution in [-0.4, -0.2) is 43.4 Å². The zero-order valence-electron chi connectivity index (χ0n) is 15.5. The third-order valence-corrected chi connectivity index (χ3v) is 3.45. The van der Waals surface area contributed by atoms with Crippen molar-refractivity contribution in [1.29, 1.82) is 0 Å². The molecule has 0 radical (unpaired) electrons. The van der Waals surface area contributed by atoms with Crippen LogP contribution in [0.15, 0.2) is 27.7 Å². The lowest BCUT2D eigenvalue weighted by Crippen LogP contribution is -2.38. The van der Waals surface area contributed by atoms with Crippen molar-refractivity contribution in [3.63, 3.8) is 0 Å². The minimum absolute atomic E-state index is 0. The van der Waals surface area contributed by atoms with Gasteiger partial charge in [0.1, 0.15) is 11.5 Å². The maximum absolute atomic E-state index is 5.40. The predicted molar refractivity (Wildman–Crippen MR) is 111 cm³/mol. The smallest absolute Gasteiger partial charge is 0.228 e. The highest BCUT2D eigenvalue weighted by atomic mass is 127. The molecule has 9 heteroatoms. The van der Waals surface area contributed by atoms with Crippen LogP contribution in [0.5, 0.6) is 11.5 Å². The first-order valence-corrected chi connectivity index (χ1v) is 8.18. The molecule has 0 bridgehead atoms. The second-order valence-corrected chi connectivity index (χ2v) is 5.29. The van der Waals surface area contributed by atoms with Gasteiger partial charge in [0, 0.05) is 31.1 Å². The number of halogens is 1. The number of aryl methyl sites for hydroxylation is 1. The average molecular weight is 475 g/mol. The number of aromatic nitrogens is 2. The summed E-state index contributed by atoms with van der Waals surface area (Å²) in [6.07, 6.45) is 0.636. The summed E-state index contributed by atoms with van der Waals surface area (Å²) < 4.78 is 15.7. The Bertz CT molecular complexity index is 705. The van der Waals surface area contributed by atoms with E-state index in [1.54, 1.807) is 21.1 Å². The molecular formula is C17H26IN5O3. The van der Waals surface area contributed by atoms with E-state index in [0.717, 1.165) is 29.6 Å². The van der Waals surface area contributed by atoms with Gasteiger partial charge in [-0.15, -0.1) is 24.0 Å². The Kier molecular flexibility index (Phi) is 9.78. The van der Waals surface area contributed by atoms with Crippen molar-refractivity contribution in [3.05, 3.63) is 35.5 Å². The van der Waals surface area contributed by atoms with Crippen molar-refractivity contribution in [2.45, 2.75) is 26.8 Å². The second-order valence-electron chi connectivity index (χ2n) is 5.29. The minimum Gasteiger partial charge on any atom is -0.497 e. The van der Waals surface area contributed by atoms with Crippen LogP contribution in [0, 0.1) is 6.92 Å². The molecule has 1 aromatic carbocycles. The van der Waals surface area contributed by atoms with Gasteiger partial charge in [-0.3, -0.25) is 0 Å². The van der Waals surface area contributed by atoms with E-state index in [0.29, 0.717) is 31.2 Å². The summed E-state index contributed by atoms with van der Waals surface area (Å²) in [6.45, 7) is 5.72. The van der Waals surface area contributed by atoms with E-state index in [9.17, 15) is 0 Å². The van der Waals surface area contributed by atoms with E-state index < -0.39 is 0 Å². The van der Waals surface area contributed by atoms with E-state index in [-0.39, 0.29) is 24.0 Å². The summed E-state index contributed by atoms with van der Waals surface area (Å²) in [4.78, 5) is 8.77. The van der Waals surface area contributed by atoms with Crippen molar-refractivity contribution in [3.8, 4) is 11.5 Å². The van der Waals surface area contributed by atoms with Gasteiger partial charge in [-0.2, -0.15) is 4.98 Å². The molecule has 0 saturated heterocycles.